The van der Waals surface area contributed by atoms with E-state index >= 15 is 0 Å². The van der Waals surface area contributed by atoms with E-state index in [4.69, 9.17) is 0 Å². The molecule has 0 radical (unpaired) electrons. The molecule has 1 nitrogen and oxygen atoms in total. The maximum absolute atomic E-state index is 13.4. The zero-order valence-corrected chi connectivity index (χ0v) is 13.4. The molecule has 1 aliphatic heterocycles. The van der Waals surface area contributed by atoms with Gasteiger partial charge >= 0.3 is 6.18 Å². The van der Waals surface area contributed by atoms with E-state index in [0.29, 0.717) is 28.5 Å². The molecule has 0 amide bonds. The zero-order valence-electron chi connectivity index (χ0n) is 11.8. The Hall–Kier alpha value is -0.710. The van der Waals surface area contributed by atoms with Gasteiger partial charge in [-0.25, -0.2) is 0 Å². The van der Waals surface area contributed by atoms with Crippen molar-refractivity contribution in [1.29, 1.82) is 0 Å². The Labute approximate surface area is 131 Å². The van der Waals surface area contributed by atoms with Gasteiger partial charge in [-0.05, 0) is 49.3 Å². The molecule has 1 heterocycles. The molecule has 5 heteroatoms. The Morgan fingerprint density at radius 2 is 1.90 bits per heavy atom. The van der Waals surface area contributed by atoms with Crippen molar-refractivity contribution in [2.24, 2.45) is 5.92 Å². The molecule has 1 aromatic carbocycles. The standard InChI is InChI=1S/C16H19BrF3N/c17-10-11-6-7-15(13(9-11)16(18,19)20)21-8-2-4-12-3-1-5-14(12)21/h6-7,9,12,14H,1-5,8,10H2. The van der Waals surface area contributed by atoms with Gasteiger partial charge in [0.1, 0.15) is 0 Å². The second kappa shape index (κ2) is 5.82. The van der Waals surface area contributed by atoms with Gasteiger partial charge in [0.15, 0.2) is 0 Å². The molecule has 0 bridgehead atoms. The van der Waals surface area contributed by atoms with E-state index in [1.807, 2.05) is 4.90 Å². The minimum Gasteiger partial charge on any atom is -0.368 e. The van der Waals surface area contributed by atoms with Gasteiger partial charge in [0, 0.05) is 23.6 Å². The minimum absolute atomic E-state index is 0.301. The Balaban J connectivity index is 2.00. The van der Waals surface area contributed by atoms with Crippen LogP contribution in [0.1, 0.15) is 43.2 Å². The van der Waals surface area contributed by atoms with Gasteiger partial charge in [0.05, 0.1) is 5.56 Å². The van der Waals surface area contributed by atoms with Gasteiger partial charge in [0.2, 0.25) is 0 Å². The molecule has 2 unspecified atom stereocenters. The topological polar surface area (TPSA) is 3.24 Å². The summed E-state index contributed by atoms with van der Waals surface area (Å²) < 4.78 is 40.3. The summed E-state index contributed by atoms with van der Waals surface area (Å²) in [6.45, 7) is 0.748. The van der Waals surface area contributed by atoms with Crippen LogP contribution < -0.4 is 4.90 Å². The quantitative estimate of drug-likeness (QED) is 0.640. The van der Waals surface area contributed by atoms with E-state index in [9.17, 15) is 13.2 Å². The predicted octanol–water partition coefficient (Wildman–Crippen LogP) is 5.37. The highest BCUT2D eigenvalue weighted by molar-refractivity contribution is 9.08. The van der Waals surface area contributed by atoms with Crippen LogP contribution in [0.3, 0.4) is 0 Å². The van der Waals surface area contributed by atoms with Crippen molar-refractivity contribution in [2.75, 3.05) is 11.4 Å². The van der Waals surface area contributed by atoms with Crippen LogP contribution in [-0.4, -0.2) is 12.6 Å². The van der Waals surface area contributed by atoms with Crippen molar-refractivity contribution in [3.8, 4) is 0 Å². The largest absolute Gasteiger partial charge is 0.418 e. The smallest absolute Gasteiger partial charge is 0.368 e. The van der Waals surface area contributed by atoms with Crippen molar-refractivity contribution >= 4 is 21.6 Å². The third-order valence-corrected chi connectivity index (χ3v) is 5.47. The second-order valence-corrected chi connectivity index (χ2v) is 6.64. The molecule has 116 valence electrons. The number of halogens is 4. The highest BCUT2D eigenvalue weighted by Crippen LogP contribution is 2.44. The highest BCUT2D eigenvalue weighted by atomic mass is 79.9. The first kappa shape index (κ1) is 15.2. The predicted molar refractivity (Wildman–Crippen MR) is 81.8 cm³/mol. The summed E-state index contributed by atoms with van der Waals surface area (Å²) >= 11 is 3.24. The normalized spacial score (nSPS) is 26.0. The Bertz CT molecular complexity index is 515. The molecule has 1 saturated heterocycles. The molecule has 0 spiro atoms. The summed E-state index contributed by atoms with van der Waals surface area (Å²) in [5, 5.41) is 0.447. The van der Waals surface area contributed by atoms with E-state index in [-0.39, 0.29) is 0 Å². The fourth-order valence-electron chi connectivity index (χ4n) is 3.90. The molecule has 1 saturated carbocycles. The molecule has 2 fully saturated rings. The first-order valence-corrected chi connectivity index (χ1v) is 8.65. The second-order valence-electron chi connectivity index (χ2n) is 6.08. The summed E-state index contributed by atoms with van der Waals surface area (Å²) in [4.78, 5) is 2.03. The number of piperidine rings is 1. The lowest BCUT2D eigenvalue weighted by Crippen LogP contribution is -2.43. The monoisotopic (exact) mass is 361 g/mol. The Morgan fingerprint density at radius 3 is 2.62 bits per heavy atom. The van der Waals surface area contributed by atoms with Crippen LogP contribution in [0.25, 0.3) is 0 Å². The van der Waals surface area contributed by atoms with Crippen LogP contribution in [-0.2, 0) is 11.5 Å². The highest BCUT2D eigenvalue weighted by Gasteiger charge is 2.40. The summed E-state index contributed by atoms with van der Waals surface area (Å²) in [7, 11) is 0. The van der Waals surface area contributed by atoms with Crippen molar-refractivity contribution < 1.29 is 13.2 Å². The summed E-state index contributed by atoms with van der Waals surface area (Å²) in [6.07, 6.45) is 1.22. The fraction of sp³-hybridized carbons (Fsp3) is 0.625. The minimum atomic E-state index is -4.29. The van der Waals surface area contributed by atoms with Crippen LogP contribution in [0.4, 0.5) is 18.9 Å². The van der Waals surface area contributed by atoms with Crippen molar-refractivity contribution in [3.05, 3.63) is 29.3 Å². The van der Waals surface area contributed by atoms with E-state index in [2.05, 4.69) is 15.9 Å². The van der Waals surface area contributed by atoms with Crippen LogP contribution in [0, 0.1) is 5.92 Å². The van der Waals surface area contributed by atoms with Gasteiger partial charge in [0.25, 0.3) is 0 Å². The summed E-state index contributed by atoms with van der Waals surface area (Å²) in [6, 6.07) is 5.07. The number of fused-ring (bicyclic) bond motifs is 1. The van der Waals surface area contributed by atoms with Crippen molar-refractivity contribution in [1.82, 2.24) is 0 Å². The fourth-order valence-corrected chi connectivity index (χ4v) is 4.25. The molecule has 0 N–H and O–H groups in total. The lowest BCUT2D eigenvalue weighted by molar-refractivity contribution is -0.137. The van der Waals surface area contributed by atoms with Gasteiger partial charge < -0.3 is 4.90 Å². The summed E-state index contributed by atoms with van der Waals surface area (Å²) in [5.74, 6) is 0.579. The molecule has 1 aliphatic carbocycles. The van der Waals surface area contributed by atoms with E-state index in [0.717, 1.165) is 25.8 Å². The van der Waals surface area contributed by atoms with Crippen molar-refractivity contribution in [2.45, 2.75) is 49.7 Å². The first-order valence-electron chi connectivity index (χ1n) is 7.53. The van der Waals surface area contributed by atoms with Gasteiger partial charge in [-0.2, -0.15) is 13.2 Å². The zero-order chi connectivity index (χ0) is 15.0. The summed E-state index contributed by atoms with van der Waals surface area (Å²) in [5.41, 5.74) is 0.571. The molecular formula is C16H19BrF3N. The van der Waals surface area contributed by atoms with Crippen LogP contribution in [0.15, 0.2) is 18.2 Å². The molecular weight excluding hydrogens is 343 g/mol. The van der Waals surface area contributed by atoms with E-state index in [1.54, 1.807) is 12.1 Å². The SMILES string of the molecule is FC(F)(F)c1cc(CBr)ccc1N1CCCC2CCCC21. The molecule has 21 heavy (non-hydrogen) atoms. The lowest BCUT2D eigenvalue weighted by Gasteiger charge is -2.40. The molecule has 2 aliphatic rings. The molecule has 0 aromatic heterocycles. The molecule has 2 atom stereocenters. The third kappa shape index (κ3) is 2.94. The average Bonchev–Trinajstić information content (AvgIpc) is 2.94. The number of rotatable bonds is 2. The maximum atomic E-state index is 13.4. The maximum Gasteiger partial charge on any atom is 0.418 e. The van der Waals surface area contributed by atoms with Gasteiger partial charge in [-0.15, -0.1) is 0 Å². The number of anilines is 1. The first-order chi connectivity index (χ1) is 10.0. The molecule has 3 rings (SSSR count). The Kier molecular flexibility index (Phi) is 4.21. The van der Waals surface area contributed by atoms with Crippen molar-refractivity contribution in [3.63, 3.8) is 0 Å². The van der Waals surface area contributed by atoms with Crippen LogP contribution in [0.2, 0.25) is 0 Å². The van der Waals surface area contributed by atoms with Gasteiger partial charge in [-0.1, -0.05) is 28.4 Å². The third-order valence-electron chi connectivity index (χ3n) is 4.82. The van der Waals surface area contributed by atoms with Crippen LogP contribution >= 0.6 is 15.9 Å². The number of benzene rings is 1. The average molecular weight is 362 g/mol. The number of hydrogen-bond donors (Lipinski definition) is 0. The van der Waals surface area contributed by atoms with E-state index in [1.165, 1.54) is 18.9 Å². The number of hydrogen-bond acceptors (Lipinski definition) is 1. The van der Waals surface area contributed by atoms with Crippen LogP contribution in [0.5, 0.6) is 0 Å². The number of alkyl halides is 4. The van der Waals surface area contributed by atoms with Gasteiger partial charge in [-0.3, -0.25) is 0 Å². The lowest BCUT2D eigenvalue weighted by atomic mass is 9.90. The molecule has 1 aromatic rings. The Morgan fingerprint density at radius 1 is 1.14 bits per heavy atom. The van der Waals surface area contributed by atoms with E-state index < -0.39 is 11.7 Å². The number of nitrogens with zero attached hydrogens (tertiary/aromatic N) is 1.